The lowest BCUT2D eigenvalue weighted by Gasteiger charge is -2.27. The number of anilines is 2. The summed E-state index contributed by atoms with van der Waals surface area (Å²) < 4.78 is 2.01. The van der Waals surface area contributed by atoms with E-state index in [4.69, 9.17) is 0 Å². The molecular weight excluding hydrogens is 488 g/mol. The topological polar surface area (TPSA) is 34.0 Å². The summed E-state index contributed by atoms with van der Waals surface area (Å²) in [5.41, 5.74) is 9.00. The molecule has 0 spiro atoms. The molecule has 0 N–H and O–H groups in total. The Hall–Kier alpha value is -3.14. The average Bonchev–Trinajstić information content (AvgIpc) is 3.25. The molecule has 0 aliphatic heterocycles. The lowest BCUT2D eigenvalue weighted by Crippen LogP contribution is -2.22. The molecule has 214 valence electrons. The monoisotopic (exact) mass is 538 g/mol. The Bertz CT molecular complexity index is 1300. The Labute approximate surface area is 242 Å². The molecule has 1 aromatic heterocycles. The summed E-state index contributed by atoms with van der Waals surface area (Å²) in [6.45, 7) is 21.4. The van der Waals surface area contributed by atoms with E-state index < -0.39 is 0 Å². The van der Waals surface area contributed by atoms with Crippen molar-refractivity contribution in [2.45, 2.75) is 94.7 Å². The maximum Gasteiger partial charge on any atom is 0.119 e. The van der Waals surface area contributed by atoms with Gasteiger partial charge in [-0.1, -0.05) is 97.0 Å². The number of aryl methyl sites for hydroxylation is 1. The summed E-state index contributed by atoms with van der Waals surface area (Å²) in [7, 11) is 0. The number of hydrogen-bond donors (Lipinski definition) is 0. The number of hydrogen-bond acceptors (Lipinski definition) is 3. The lowest BCUT2D eigenvalue weighted by atomic mass is 9.83. The van der Waals surface area contributed by atoms with E-state index in [1.54, 1.807) is 0 Å². The van der Waals surface area contributed by atoms with Crippen LogP contribution in [0.3, 0.4) is 0 Å². The summed E-state index contributed by atoms with van der Waals surface area (Å²) in [6, 6.07) is 24.6. The van der Waals surface area contributed by atoms with Crippen molar-refractivity contribution in [2.75, 3.05) is 4.90 Å². The molecule has 1 heterocycles. The summed E-state index contributed by atoms with van der Waals surface area (Å²) in [5, 5.41) is 9.05. The minimum absolute atomic E-state index is 0.353. The van der Waals surface area contributed by atoms with Gasteiger partial charge in [0.25, 0.3) is 0 Å². The normalized spacial score (nSPS) is 13.9. The molecule has 40 heavy (non-hydrogen) atoms. The minimum atomic E-state index is 0.353. The highest BCUT2D eigenvalue weighted by atomic mass is 15.5. The molecule has 2 unspecified atom stereocenters. The van der Waals surface area contributed by atoms with Crippen LogP contribution in [0.25, 0.3) is 11.0 Å². The molecule has 0 radical (unpaired) electrons. The zero-order valence-corrected chi connectivity index (χ0v) is 26.3. The van der Waals surface area contributed by atoms with E-state index >= 15 is 0 Å². The van der Waals surface area contributed by atoms with Gasteiger partial charge < -0.3 is 4.90 Å². The van der Waals surface area contributed by atoms with Crippen LogP contribution in [0.2, 0.25) is 0 Å². The first-order chi connectivity index (χ1) is 18.8. The maximum atomic E-state index is 4.55. The highest BCUT2D eigenvalue weighted by molar-refractivity contribution is 5.78. The Morgan fingerprint density at radius 1 is 0.700 bits per heavy atom. The van der Waals surface area contributed by atoms with E-state index in [1.165, 1.54) is 24.0 Å². The van der Waals surface area contributed by atoms with Crippen molar-refractivity contribution >= 4 is 22.4 Å². The first-order valence-electron chi connectivity index (χ1n) is 15.0. The number of nitrogens with zero attached hydrogens (tertiary/aromatic N) is 4. The molecule has 3 aromatic carbocycles. The van der Waals surface area contributed by atoms with Crippen LogP contribution < -0.4 is 4.90 Å². The molecule has 2 atom stereocenters. The van der Waals surface area contributed by atoms with Crippen LogP contribution in [0, 0.1) is 29.6 Å². The fraction of sp³-hybridized carbons (Fsp3) is 0.500. The lowest BCUT2D eigenvalue weighted by molar-refractivity contribution is 0.306. The van der Waals surface area contributed by atoms with Crippen molar-refractivity contribution in [3.05, 3.63) is 83.4 Å². The van der Waals surface area contributed by atoms with E-state index in [0.29, 0.717) is 29.3 Å². The third-order valence-corrected chi connectivity index (χ3v) is 7.61. The van der Waals surface area contributed by atoms with E-state index in [-0.39, 0.29) is 0 Å². The van der Waals surface area contributed by atoms with E-state index in [2.05, 4.69) is 144 Å². The molecule has 4 nitrogen and oxygen atoms in total. The second-order valence-corrected chi connectivity index (χ2v) is 14.6. The predicted molar refractivity (Wildman–Crippen MR) is 171 cm³/mol. The van der Waals surface area contributed by atoms with Gasteiger partial charge >= 0.3 is 0 Å². The van der Waals surface area contributed by atoms with Crippen LogP contribution >= 0.6 is 0 Å². The molecule has 4 rings (SSSR count). The van der Waals surface area contributed by atoms with E-state index in [1.807, 2.05) is 4.68 Å². The summed E-state index contributed by atoms with van der Waals surface area (Å²) in [4.78, 5) is 2.35. The largest absolute Gasteiger partial charge is 0.321 e. The number of fused-ring (bicyclic) bond motifs is 1. The van der Waals surface area contributed by atoms with Crippen LogP contribution in [-0.4, -0.2) is 15.0 Å². The predicted octanol–water partition coefficient (Wildman–Crippen LogP) is 9.77. The quantitative estimate of drug-likeness (QED) is 0.201. The highest BCUT2D eigenvalue weighted by Crippen LogP contribution is 2.31. The fourth-order valence-electron chi connectivity index (χ4n) is 6.34. The van der Waals surface area contributed by atoms with Crippen LogP contribution in [0.5, 0.6) is 0 Å². The van der Waals surface area contributed by atoms with Gasteiger partial charge in [0.15, 0.2) is 0 Å². The van der Waals surface area contributed by atoms with Crippen LogP contribution in [0.15, 0.2) is 66.7 Å². The van der Waals surface area contributed by atoms with Crippen molar-refractivity contribution in [1.82, 2.24) is 15.0 Å². The molecule has 0 aliphatic rings. The van der Waals surface area contributed by atoms with Gasteiger partial charge in [-0.2, -0.15) is 0 Å². The Morgan fingerprint density at radius 3 is 1.62 bits per heavy atom. The summed E-state index contributed by atoms with van der Waals surface area (Å²) >= 11 is 0. The smallest absolute Gasteiger partial charge is 0.119 e. The Balaban J connectivity index is 1.60. The molecular formula is C36H50N4. The zero-order chi connectivity index (χ0) is 29.1. The number of rotatable bonds is 10. The van der Waals surface area contributed by atoms with Gasteiger partial charge in [-0.05, 0) is 102 Å². The van der Waals surface area contributed by atoms with Crippen molar-refractivity contribution in [3.8, 4) is 0 Å². The van der Waals surface area contributed by atoms with Gasteiger partial charge in [0, 0.05) is 11.4 Å². The summed E-state index contributed by atoms with van der Waals surface area (Å²) in [5.74, 6) is 1.31. The van der Waals surface area contributed by atoms with Gasteiger partial charge in [-0.25, -0.2) is 4.68 Å². The van der Waals surface area contributed by atoms with Gasteiger partial charge in [0.05, 0.1) is 5.52 Å². The van der Waals surface area contributed by atoms with Crippen LogP contribution in [0.4, 0.5) is 11.4 Å². The maximum absolute atomic E-state index is 4.55. The second kappa shape index (κ2) is 12.2. The zero-order valence-electron chi connectivity index (χ0n) is 26.3. The van der Waals surface area contributed by atoms with E-state index in [9.17, 15) is 0 Å². The molecule has 0 aliphatic carbocycles. The first-order valence-corrected chi connectivity index (χ1v) is 15.0. The molecule has 0 saturated carbocycles. The van der Waals surface area contributed by atoms with Crippen molar-refractivity contribution < 1.29 is 0 Å². The summed E-state index contributed by atoms with van der Waals surface area (Å²) in [6.07, 6.45) is 4.65. The van der Waals surface area contributed by atoms with E-state index in [0.717, 1.165) is 40.8 Å². The average molecular weight is 539 g/mol. The van der Waals surface area contributed by atoms with Gasteiger partial charge in [0.1, 0.15) is 12.2 Å². The fourth-order valence-corrected chi connectivity index (χ4v) is 6.34. The van der Waals surface area contributed by atoms with Gasteiger partial charge in [-0.3, -0.25) is 0 Å². The molecule has 0 fully saturated rings. The van der Waals surface area contributed by atoms with Crippen molar-refractivity contribution in [3.63, 3.8) is 0 Å². The molecule has 0 amide bonds. The number of benzene rings is 3. The molecule has 0 bridgehead atoms. The standard InChI is InChI=1S/C36H50N4/c1-26(23-35(4,5)6)21-29-13-17-31(18-14-29)39(25-40-33-12-10-11-28(3)34(33)37-38-40)32-19-15-30(16-20-32)22-27(2)24-36(7,8)9/h10-20,26-27H,21-25H2,1-9H3. The molecule has 4 heteroatoms. The molecule has 4 aromatic rings. The Morgan fingerprint density at radius 2 is 1.18 bits per heavy atom. The minimum Gasteiger partial charge on any atom is -0.321 e. The third-order valence-electron chi connectivity index (χ3n) is 7.61. The van der Waals surface area contributed by atoms with Gasteiger partial charge in [-0.15, -0.1) is 5.10 Å². The second-order valence-electron chi connectivity index (χ2n) is 14.6. The van der Waals surface area contributed by atoms with Crippen molar-refractivity contribution in [1.29, 1.82) is 0 Å². The molecule has 0 saturated heterocycles. The SMILES string of the molecule is Cc1cccc2c1nnn2CN(c1ccc(CC(C)CC(C)(C)C)cc1)c1ccc(CC(C)CC(C)(C)C)cc1. The third kappa shape index (κ3) is 8.19. The first kappa shape index (κ1) is 29.8. The van der Waals surface area contributed by atoms with Crippen LogP contribution in [0.1, 0.15) is 84.9 Å². The van der Waals surface area contributed by atoms with Crippen LogP contribution in [-0.2, 0) is 19.5 Å². The number of aromatic nitrogens is 3. The Kier molecular flexibility index (Phi) is 9.07. The van der Waals surface area contributed by atoms with Crippen molar-refractivity contribution in [2.24, 2.45) is 22.7 Å². The van der Waals surface area contributed by atoms with Gasteiger partial charge in [0.2, 0.25) is 0 Å². The highest BCUT2D eigenvalue weighted by Gasteiger charge is 2.18.